The van der Waals surface area contributed by atoms with Crippen LogP contribution in [0.3, 0.4) is 0 Å². The average Bonchev–Trinajstić information content (AvgIpc) is 2.47. The highest BCUT2D eigenvalue weighted by Gasteiger charge is 2.12. The number of hydrogen-bond acceptors (Lipinski definition) is 2. The molecule has 1 heterocycles. The molecule has 0 N–H and O–H groups in total. The van der Waals surface area contributed by atoms with Crippen LogP contribution in [0.1, 0.15) is 17.5 Å². The summed E-state index contributed by atoms with van der Waals surface area (Å²) < 4.78 is 32.7. The molecular formula is C15H14BrF2NO. The van der Waals surface area contributed by atoms with E-state index in [0.717, 1.165) is 12.8 Å². The number of hydrogen-bond donors (Lipinski definition) is 0. The van der Waals surface area contributed by atoms with Crippen molar-refractivity contribution in [3.63, 3.8) is 0 Å². The second kappa shape index (κ2) is 7.45. The van der Waals surface area contributed by atoms with Gasteiger partial charge < -0.3 is 4.74 Å². The lowest BCUT2D eigenvalue weighted by atomic mass is 10.1. The van der Waals surface area contributed by atoms with Crippen molar-refractivity contribution in [1.82, 2.24) is 4.98 Å². The van der Waals surface area contributed by atoms with Gasteiger partial charge >= 0.3 is 0 Å². The fraction of sp³-hybridized carbons (Fsp3) is 0.267. The van der Waals surface area contributed by atoms with Crippen molar-refractivity contribution < 1.29 is 13.5 Å². The van der Waals surface area contributed by atoms with Crippen molar-refractivity contribution in [3.05, 3.63) is 63.9 Å². The molecular weight excluding hydrogens is 328 g/mol. The summed E-state index contributed by atoms with van der Waals surface area (Å²) in [7, 11) is 0. The number of nitrogens with zero attached hydrogens (tertiary/aromatic N) is 1. The lowest BCUT2D eigenvalue weighted by Crippen LogP contribution is -2.02. The van der Waals surface area contributed by atoms with Gasteiger partial charge in [0.2, 0.25) is 0 Å². The van der Waals surface area contributed by atoms with Crippen LogP contribution in [-0.4, -0.2) is 11.6 Å². The molecule has 2 rings (SSSR count). The first kappa shape index (κ1) is 15.1. The molecule has 0 atom stereocenters. The number of pyridine rings is 1. The molecule has 0 unspecified atom stereocenters. The maximum absolute atomic E-state index is 13.7. The van der Waals surface area contributed by atoms with Crippen molar-refractivity contribution in [2.45, 2.75) is 19.4 Å². The molecule has 0 saturated heterocycles. The topological polar surface area (TPSA) is 22.1 Å². The molecule has 5 heteroatoms. The monoisotopic (exact) mass is 341 g/mol. The van der Waals surface area contributed by atoms with Crippen molar-refractivity contribution in [2.24, 2.45) is 0 Å². The lowest BCUT2D eigenvalue weighted by Gasteiger charge is -2.08. The van der Waals surface area contributed by atoms with Crippen LogP contribution in [0.15, 0.2) is 41.1 Å². The maximum Gasteiger partial charge on any atom is 0.145 e. The predicted octanol–water partition coefficient (Wildman–Crippen LogP) is 4.27. The van der Waals surface area contributed by atoms with E-state index < -0.39 is 11.6 Å². The van der Waals surface area contributed by atoms with Crippen molar-refractivity contribution in [1.29, 1.82) is 0 Å². The smallest absolute Gasteiger partial charge is 0.145 e. The van der Waals surface area contributed by atoms with Crippen LogP contribution in [0.4, 0.5) is 8.78 Å². The van der Waals surface area contributed by atoms with Crippen molar-refractivity contribution in [2.75, 3.05) is 6.61 Å². The third-order valence-electron chi connectivity index (χ3n) is 2.89. The van der Waals surface area contributed by atoms with Crippen LogP contribution in [0.25, 0.3) is 0 Å². The fourth-order valence-electron chi connectivity index (χ4n) is 1.80. The first-order valence-corrected chi connectivity index (χ1v) is 7.07. The van der Waals surface area contributed by atoms with Gasteiger partial charge in [-0.15, -0.1) is 0 Å². The minimum atomic E-state index is -0.598. The quantitative estimate of drug-likeness (QED) is 0.578. The molecule has 106 valence electrons. The molecule has 0 aliphatic carbocycles. The molecule has 0 aliphatic rings. The third-order valence-corrected chi connectivity index (χ3v) is 3.50. The summed E-state index contributed by atoms with van der Waals surface area (Å²) in [5.74, 6) is -1.18. The summed E-state index contributed by atoms with van der Waals surface area (Å²) >= 11 is 3.03. The Morgan fingerprint density at radius 3 is 2.60 bits per heavy atom. The van der Waals surface area contributed by atoms with E-state index in [1.165, 1.54) is 17.7 Å². The first-order valence-electron chi connectivity index (χ1n) is 6.27. The minimum absolute atomic E-state index is 0.0386. The second-order valence-electron chi connectivity index (χ2n) is 4.33. The zero-order valence-corrected chi connectivity index (χ0v) is 12.4. The summed E-state index contributed by atoms with van der Waals surface area (Å²) in [6.45, 7) is 0.390. The Hall–Kier alpha value is -1.33. The maximum atomic E-state index is 13.7. The van der Waals surface area contributed by atoms with Gasteiger partial charge in [0.05, 0.1) is 16.6 Å². The molecule has 2 aromatic rings. The summed E-state index contributed by atoms with van der Waals surface area (Å²) in [6, 6.07) is 6.45. The van der Waals surface area contributed by atoms with Gasteiger partial charge in [-0.05, 0) is 58.6 Å². The molecule has 0 radical (unpaired) electrons. The number of ether oxygens (including phenoxy) is 1. The van der Waals surface area contributed by atoms with Gasteiger partial charge in [-0.3, -0.25) is 4.98 Å². The van der Waals surface area contributed by atoms with Gasteiger partial charge in [-0.1, -0.05) is 0 Å². The minimum Gasteiger partial charge on any atom is -0.377 e. The van der Waals surface area contributed by atoms with Crippen molar-refractivity contribution in [3.8, 4) is 0 Å². The largest absolute Gasteiger partial charge is 0.377 e. The van der Waals surface area contributed by atoms with E-state index in [1.807, 2.05) is 12.1 Å². The molecule has 0 saturated carbocycles. The van der Waals surface area contributed by atoms with E-state index in [4.69, 9.17) is 4.74 Å². The highest BCUT2D eigenvalue weighted by Crippen LogP contribution is 2.22. The number of aromatic nitrogens is 1. The Labute approximate surface area is 124 Å². The second-order valence-corrected chi connectivity index (χ2v) is 5.19. The Morgan fingerprint density at radius 1 is 1.10 bits per heavy atom. The average molecular weight is 342 g/mol. The molecule has 0 aliphatic heterocycles. The SMILES string of the molecule is Fc1ccc(Br)c(F)c1COCCCc1ccncc1. The van der Waals surface area contributed by atoms with Gasteiger partial charge in [0.25, 0.3) is 0 Å². The van der Waals surface area contributed by atoms with Crippen LogP contribution < -0.4 is 0 Å². The third kappa shape index (κ3) is 4.08. The first-order chi connectivity index (χ1) is 9.68. The number of benzene rings is 1. The van der Waals surface area contributed by atoms with Crippen LogP contribution in [0.5, 0.6) is 0 Å². The van der Waals surface area contributed by atoms with Crippen LogP contribution in [0, 0.1) is 11.6 Å². The number of aryl methyl sites for hydroxylation is 1. The highest BCUT2D eigenvalue weighted by molar-refractivity contribution is 9.10. The Bertz CT molecular complexity index is 563. The van der Waals surface area contributed by atoms with Gasteiger partial charge in [0.15, 0.2) is 0 Å². The summed E-state index contributed by atoms with van der Waals surface area (Å²) in [5.41, 5.74) is 1.13. The molecule has 0 amide bonds. The van der Waals surface area contributed by atoms with Crippen LogP contribution in [0.2, 0.25) is 0 Å². The van der Waals surface area contributed by atoms with E-state index in [2.05, 4.69) is 20.9 Å². The number of rotatable bonds is 6. The molecule has 1 aromatic carbocycles. The van der Waals surface area contributed by atoms with E-state index in [9.17, 15) is 8.78 Å². The number of halogens is 3. The molecule has 0 spiro atoms. The molecule has 1 aromatic heterocycles. The van der Waals surface area contributed by atoms with E-state index >= 15 is 0 Å². The zero-order chi connectivity index (χ0) is 14.4. The van der Waals surface area contributed by atoms with E-state index in [0.29, 0.717) is 6.61 Å². The Kier molecular flexibility index (Phi) is 5.61. The Balaban J connectivity index is 1.78. The Morgan fingerprint density at radius 2 is 1.85 bits per heavy atom. The van der Waals surface area contributed by atoms with Gasteiger partial charge in [0.1, 0.15) is 11.6 Å². The summed E-state index contributed by atoms with van der Waals surface area (Å²) in [4.78, 5) is 3.94. The van der Waals surface area contributed by atoms with Gasteiger partial charge in [-0.2, -0.15) is 0 Å². The van der Waals surface area contributed by atoms with Gasteiger partial charge in [0, 0.05) is 19.0 Å². The fourth-order valence-corrected chi connectivity index (χ4v) is 2.17. The normalized spacial score (nSPS) is 10.8. The van der Waals surface area contributed by atoms with E-state index in [-0.39, 0.29) is 16.6 Å². The standard InChI is InChI=1S/C15H14BrF2NO/c16-13-3-4-14(17)12(15(13)18)10-20-9-1-2-11-5-7-19-8-6-11/h3-8H,1-2,9-10H2. The highest BCUT2D eigenvalue weighted by atomic mass is 79.9. The van der Waals surface area contributed by atoms with E-state index in [1.54, 1.807) is 12.4 Å². The predicted molar refractivity (Wildman–Crippen MR) is 76.3 cm³/mol. The molecule has 20 heavy (non-hydrogen) atoms. The van der Waals surface area contributed by atoms with Crippen LogP contribution in [-0.2, 0) is 17.8 Å². The zero-order valence-electron chi connectivity index (χ0n) is 10.8. The summed E-state index contributed by atoms with van der Waals surface area (Å²) in [6.07, 6.45) is 5.12. The lowest BCUT2D eigenvalue weighted by molar-refractivity contribution is 0.113. The molecule has 0 bridgehead atoms. The molecule has 2 nitrogen and oxygen atoms in total. The van der Waals surface area contributed by atoms with Gasteiger partial charge in [-0.25, -0.2) is 8.78 Å². The molecule has 0 fully saturated rings. The van der Waals surface area contributed by atoms with Crippen molar-refractivity contribution >= 4 is 15.9 Å². The summed E-state index contributed by atoms with van der Waals surface area (Å²) in [5, 5.41) is 0. The van der Waals surface area contributed by atoms with Crippen LogP contribution >= 0.6 is 15.9 Å².